The van der Waals surface area contributed by atoms with Gasteiger partial charge < -0.3 is 24.8 Å². The molecule has 0 unspecified atom stereocenters. The summed E-state index contributed by atoms with van der Waals surface area (Å²) >= 11 is 0. The molecular weight excluding hydrogens is 164 g/mol. The van der Waals surface area contributed by atoms with E-state index < -0.39 is 6.10 Å². The lowest BCUT2D eigenvalue weighted by Gasteiger charge is -1.96. The van der Waals surface area contributed by atoms with Gasteiger partial charge in [-0.1, -0.05) is 0 Å². The van der Waals surface area contributed by atoms with Gasteiger partial charge in [-0.15, -0.1) is 0 Å². The lowest BCUT2D eigenvalue weighted by atomic mass is 10.4. The van der Waals surface area contributed by atoms with Gasteiger partial charge in [-0.05, 0) is 0 Å². The van der Waals surface area contributed by atoms with Crippen LogP contribution in [-0.2, 0) is 9.47 Å². The Hall–Kier alpha value is -1.04. The largest absolute Gasteiger partial charge is 0.466 e. The fourth-order valence-electron chi connectivity index (χ4n) is 0.277. The van der Waals surface area contributed by atoms with E-state index in [0.717, 1.165) is 0 Å². The normalized spacial score (nSPS) is 13.0. The highest BCUT2D eigenvalue weighted by Crippen LogP contribution is 1.89. The van der Waals surface area contributed by atoms with Crippen LogP contribution in [0.2, 0.25) is 0 Å². The Morgan fingerprint density at radius 2 is 1.25 bits per heavy atom. The zero-order chi connectivity index (χ0) is 9.23. The Morgan fingerprint density at radius 1 is 0.917 bits per heavy atom. The van der Waals surface area contributed by atoms with E-state index in [1.165, 1.54) is 25.0 Å². The molecule has 0 atom stereocenters. The van der Waals surface area contributed by atoms with Crippen molar-refractivity contribution in [2.24, 2.45) is 0 Å². The summed E-state index contributed by atoms with van der Waals surface area (Å²) in [4.78, 5) is 0. The number of aliphatic hydroxyl groups excluding tert-OH is 3. The van der Waals surface area contributed by atoms with Crippen LogP contribution < -0.4 is 0 Å². The van der Waals surface area contributed by atoms with Crippen LogP contribution in [0.25, 0.3) is 0 Å². The SMILES string of the molecule is C1=COC=CO1.OCC(O)CO. The Labute approximate surface area is 70.2 Å². The Morgan fingerprint density at radius 3 is 1.33 bits per heavy atom. The molecule has 5 nitrogen and oxygen atoms in total. The molecule has 12 heavy (non-hydrogen) atoms. The fourth-order valence-corrected chi connectivity index (χ4v) is 0.277. The van der Waals surface area contributed by atoms with Crippen molar-refractivity contribution in [2.45, 2.75) is 6.10 Å². The van der Waals surface area contributed by atoms with Gasteiger partial charge in [-0.25, -0.2) is 0 Å². The van der Waals surface area contributed by atoms with E-state index in [1.807, 2.05) is 0 Å². The molecular formula is C7H12O5. The first-order valence-electron chi connectivity index (χ1n) is 3.32. The van der Waals surface area contributed by atoms with Crippen molar-refractivity contribution in [3.8, 4) is 0 Å². The number of hydrogen-bond donors (Lipinski definition) is 3. The third-order valence-electron chi connectivity index (χ3n) is 0.847. The third-order valence-corrected chi connectivity index (χ3v) is 0.847. The maximum Gasteiger partial charge on any atom is 0.125 e. The van der Waals surface area contributed by atoms with Gasteiger partial charge in [0.15, 0.2) is 0 Å². The summed E-state index contributed by atoms with van der Waals surface area (Å²) in [6.45, 7) is -0.729. The van der Waals surface area contributed by atoms with Crippen LogP contribution >= 0.6 is 0 Å². The lowest BCUT2D eigenvalue weighted by Crippen LogP contribution is -2.15. The minimum absolute atomic E-state index is 0.365. The van der Waals surface area contributed by atoms with Crippen LogP contribution in [0.4, 0.5) is 0 Å². The van der Waals surface area contributed by atoms with Gasteiger partial charge in [0, 0.05) is 0 Å². The second-order valence-corrected chi connectivity index (χ2v) is 1.84. The van der Waals surface area contributed by atoms with E-state index in [0.29, 0.717) is 0 Å². The summed E-state index contributed by atoms with van der Waals surface area (Å²) in [5.41, 5.74) is 0. The van der Waals surface area contributed by atoms with E-state index in [4.69, 9.17) is 15.3 Å². The zero-order valence-electron chi connectivity index (χ0n) is 6.46. The van der Waals surface area contributed by atoms with Crippen molar-refractivity contribution in [1.82, 2.24) is 0 Å². The minimum Gasteiger partial charge on any atom is -0.466 e. The standard InChI is InChI=1S/C4H4O2.C3H8O3/c1-2-6-4-3-5-1;4-1-3(6)2-5/h1-4H;3-6H,1-2H2. The first-order chi connectivity index (χ1) is 5.81. The van der Waals surface area contributed by atoms with Crippen LogP contribution in [0.5, 0.6) is 0 Å². The van der Waals surface area contributed by atoms with Crippen LogP contribution in [0.3, 0.4) is 0 Å². The number of ether oxygens (including phenoxy) is 2. The maximum atomic E-state index is 8.17. The topological polar surface area (TPSA) is 79.2 Å². The Bertz CT molecular complexity index is 119. The second kappa shape index (κ2) is 8.06. The van der Waals surface area contributed by atoms with Gasteiger partial charge in [0.2, 0.25) is 0 Å². The summed E-state index contributed by atoms with van der Waals surface area (Å²) in [7, 11) is 0. The van der Waals surface area contributed by atoms with Crippen molar-refractivity contribution < 1.29 is 24.8 Å². The van der Waals surface area contributed by atoms with Crippen LogP contribution in [0.15, 0.2) is 25.0 Å². The highest BCUT2D eigenvalue weighted by atomic mass is 16.5. The van der Waals surface area contributed by atoms with Gasteiger partial charge in [0.1, 0.15) is 31.2 Å². The molecule has 3 N–H and O–H groups in total. The third kappa shape index (κ3) is 7.07. The van der Waals surface area contributed by atoms with Gasteiger partial charge in [0.25, 0.3) is 0 Å². The molecule has 0 aliphatic carbocycles. The van der Waals surface area contributed by atoms with Crippen molar-refractivity contribution in [1.29, 1.82) is 0 Å². The summed E-state index contributed by atoms with van der Waals surface area (Å²) in [5, 5.41) is 24.0. The molecule has 0 aromatic carbocycles. The highest BCUT2D eigenvalue weighted by molar-refractivity contribution is 4.77. The number of rotatable bonds is 2. The summed E-state index contributed by atoms with van der Waals surface area (Å²) < 4.78 is 9.17. The first-order valence-corrected chi connectivity index (χ1v) is 3.32. The molecule has 0 aromatic rings. The zero-order valence-corrected chi connectivity index (χ0v) is 6.46. The molecule has 0 spiro atoms. The van der Waals surface area contributed by atoms with Crippen LogP contribution in [0.1, 0.15) is 0 Å². The Kier molecular flexibility index (Phi) is 7.36. The molecule has 0 fully saturated rings. The summed E-state index contributed by atoms with van der Waals surface area (Å²) in [6, 6.07) is 0. The first kappa shape index (κ1) is 11.0. The second-order valence-electron chi connectivity index (χ2n) is 1.84. The van der Waals surface area contributed by atoms with Crippen molar-refractivity contribution >= 4 is 0 Å². The predicted molar refractivity (Wildman–Crippen MR) is 40.6 cm³/mol. The molecule has 5 heteroatoms. The van der Waals surface area contributed by atoms with E-state index >= 15 is 0 Å². The van der Waals surface area contributed by atoms with Crippen molar-refractivity contribution in [3.05, 3.63) is 25.0 Å². The molecule has 0 saturated carbocycles. The quantitative estimate of drug-likeness (QED) is 0.519. The maximum absolute atomic E-state index is 8.17. The summed E-state index contributed by atoms with van der Waals surface area (Å²) in [5.74, 6) is 0. The van der Waals surface area contributed by atoms with Gasteiger partial charge >= 0.3 is 0 Å². The molecule has 0 aromatic heterocycles. The van der Waals surface area contributed by atoms with Crippen LogP contribution in [0, 0.1) is 0 Å². The van der Waals surface area contributed by atoms with Gasteiger partial charge in [-0.3, -0.25) is 0 Å². The van der Waals surface area contributed by atoms with Gasteiger partial charge in [0.05, 0.1) is 13.2 Å². The van der Waals surface area contributed by atoms with Crippen molar-refractivity contribution in [2.75, 3.05) is 13.2 Å². The fraction of sp³-hybridized carbons (Fsp3) is 0.429. The van der Waals surface area contributed by atoms with E-state index in [2.05, 4.69) is 9.47 Å². The van der Waals surface area contributed by atoms with Crippen LogP contribution in [-0.4, -0.2) is 34.6 Å². The van der Waals surface area contributed by atoms with E-state index in [9.17, 15) is 0 Å². The van der Waals surface area contributed by atoms with E-state index in [1.54, 1.807) is 0 Å². The average molecular weight is 176 g/mol. The monoisotopic (exact) mass is 176 g/mol. The molecule has 1 aliphatic heterocycles. The van der Waals surface area contributed by atoms with E-state index in [-0.39, 0.29) is 13.2 Å². The molecule has 0 radical (unpaired) electrons. The molecule has 0 amide bonds. The molecule has 1 aliphatic rings. The molecule has 0 bridgehead atoms. The number of hydrogen-bond acceptors (Lipinski definition) is 5. The predicted octanol–water partition coefficient (Wildman–Crippen LogP) is -0.693. The summed E-state index contributed by atoms with van der Waals surface area (Å²) in [6.07, 6.45) is 4.88. The minimum atomic E-state index is -0.954. The van der Waals surface area contributed by atoms with Gasteiger partial charge in [-0.2, -0.15) is 0 Å². The number of aliphatic hydroxyl groups is 3. The smallest absolute Gasteiger partial charge is 0.125 e. The Balaban J connectivity index is 0.000000202. The molecule has 1 rings (SSSR count). The molecule has 70 valence electrons. The molecule has 0 saturated heterocycles. The molecule has 1 heterocycles. The average Bonchev–Trinajstić information content (AvgIpc) is 2.20. The van der Waals surface area contributed by atoms with Crippen molar-refractivity contribution in [3.63, 3.8) is 0 Å². The lowest BCUT2D eigenvalue weighted by molar-refractivity contribution is 0.0450. The highest BCUT2D eigenvalue weighted by Gasteiger charge is 1.93.